The van der Waals surface area contributed by atoms with E-state index in [1.54, 1.807) is 17.4 Å². The number of guanidine groups is 1. The minimum absolute atomic E-state index is 0. The molecule has 1 aromatic carbocycles. The number of carbonyl (C=O) groups excluding carboxylic acids is 1. The smallest absolute Gasteiger partial charge is 0.255 e. The molecular weight excluding hydrogens is 463 g/mol. The van der Waals surface area contributed by atoms with E-state index in [-0.39, 0.29) is 30.6 Å². The molecule has 0 fully saturated rings. The zero-order valence-corrected chi connectivity index (χ0v) is 18.1. The number of hydrogen-bond donors (Lipinski definition) is 3. The van der Waals surface area contributed by atoms with Crippen LogP contribution in [-0.2, 0) is 17.9 Å². The number of aryl methyl sites for hydroxylation is 1. The highest BCUT2D eigenvalue weighted by molar-refractivity contribution is 14.0. The topological polar surface area (TPSA) is 88.7 Å². The molecule has 1 amide bonds. The van der Waals surface area contributed by atoms with Gasteiger partial charge in [-0.1, -0.05) is 12.1 Å². The van der Waals surface area contributed by atoms with Crippen molar-refractivity contribution in [1.29, 1.82) is 0 Å². The van der Waals surface area contributed by atoms with E-state index in [0.717, 1.165) is 24.6 Å². The van der Waals surface area contributed by atoms with Gasteiger partial charge in [-0.05, 0) is 43.7 Å². The molecule has 0 unspecified atom stereocenters. The zero-order chi connectivity index (χ0) is 18.1. The van der Waals surface area contributed by atoms with Crippen molar-refractivity contribution in [1.82, 2.24) is 10.6 Å². The molecule has 6 nitrogen and oxygen atoms in total. The van der Waals surface area contributed by atoms with E-state index in [0.29, 0.717) is 12.3 Å². The van der Waals surface area contributed by atoms with Gasteiger partial charge in [0, 0.05) is 16.3 Å². The van der Waals surface area contributed by atoms with Gasteiger partial charge in [-0.3, -0.25) is 4.79 Å². The highest BCUT2D eigenvalue weighted by Gasteiger charge is 2.02. The Bertz CT molecular complexity index is 733. The van der Waals surface area contributed by atoms with E-state index in [1.807, 2.05) is 25.1 Å². The van der Waals surface area contributed by atoms with Crippen molar-refractivity contribution in [3.63, 3.8) is 0 Å². The molecule has 1 aromatic heterocycles. The minimum atomic E-state index is -0.495. The van der Waals surface area contributed by atoms with E-state index in [4.69, 9.17) is 10.5 Å². The van der Waals surface area contributed by atoms with Crippen LogP contribution in [0, 0.1) is 6.92 Å². The number of nitrogens with zero attached hydrogens (tertiary/aromatic N) is 1. The van der Waals surface area contributed by atoms with Crippen LogP contribution < -0.4 is 21.1 Å². The molecule has 0 aliphatic heterocycles. The first kappa shape index (κ1) is 22.2. The first-order chi connectivity index (χ1) is 12.1. The maximum absolute atomic E-state index is 10.8. The summed E-state index contributed by atoms with van der Waals surface area (Å²) in [6, 6.07) is 11.7. The highest BCUT2D eigenvalue weighted by atomic mass is 127. The van der Waals surface area contributed by atoms with Crippen molar-refractivity contribution in [2.75, 3.05) is 13.2 Å². The second-order valence-electron chi connectivity index (χ2n) is 5.46. The number of halogens is 1. The number of hydrogen-bond acceptors (Lipinski definition) is 4. The van der Waals surface area contributed by atoms with Gasteiger partial charge in [0.1, 0.15) is 5.75 Å². The highest BCUT2D eigenvalue weighted by Crippen LogP contribution is 2.15. The van der Waals surface area contributed by atoms with Crippen molar-refractivity contribution >= 4 is 47.2 Å². The number of ether oxygens (including phenoxy) is 1. The van der Waals surface area contributed by atoms with Gasteiger partial charge < -0.3 is 21.1 Å². The molecule has 26 heavy (non-hydrogen) atoms. The second kappa shape index (κ2) is 11.7. The Morgan fingerprint density at radius 3 is 2.73 bits per heavy atom. The predicted molar refractivity (Wildman–Crippen MR) is 117 cm³/mol. The van der Waals surface area contributed by atoms with Crippen molar-refractivity contribution in [2.24, 2.45) is 10.7 Å². The lowest BCUT2D eigenvalue weighted by atomic mass is 10.2. The molecule has 0 aliphatic rings. The molecule has 8 heteroatoms. The second-order valence-corrected chi connectivity index (χ2v) is 6.84. The summed E-state index contributed by atoms with van der Waals surface area (Å²) in [6.45, 7) is 6.04. The lowest BCUT2D eigenvalue weighted by Crippen LogP contribution is -2.36. The van der Waals surface area contributed by atoms with Crippen LogP contribution in [0.3, 0.4) is 0 Å². The van der Waals surface area contributed by atoms with Crippen molar-refractivity contribution in [2.45, 2.75) is 26.9 Å². The fraction of sp³-hybridized carbons (Fsp3) is 0.333. The van der Waals surface area contributed by atoms with Crippen molar-refractivity contribution < 1.29 is 9.53 Å². The number of thiophene rings is 1. The van der Waals surface area contributed by atoms with E-state index >= 15 is 0 Å². The number of aliphatic imine (C=N–C) groups is 1. The number of rotatable bonds is 8. The fourth-order valence-electron chi connectivity index (χ4n) is 2.15. The number of nitrogens with two attached hydrogens (primary N) is 1. The molecule has 0 saturated heterocycles. The lowest BCUT2D eigenvalue weighted by Gasteiger charge is -2.11. The summed E-state index contributed by atoms with van der Waals surface area (Å²) in [4.78, 5) is 18.0. The fourth-order valence-corrected chi connectivity index (χ4v) is 2.98. The lowest BCUT2D eigenvalue weighted by molar-refractivity contribution is -0.119. The molecular formula is C18H25IN4O2S. The normalized spacial score (nSPS) is 10.8. The number of amides is 1. The van der Waals surface area contributed by atoms with Gasteiger partial charge in [0.15, 0.2) is 12.6 Å². The Hall–Kier alpha value is -1.81. The summed E-state index contributed by atoms with van der Waals surface area (Å²) < 4.78 is 5.32. The summed E-state index contributed by atoms with van der Waals surface area (Å²) in [6.07, 6.45) is 0. The molecule has 4 N–H and O–H groups in total. The Balaban J connectivity index is 0.00000338. The monoisotopic (exact) mass is 488 g/mol. The average molecular weight is 488 g/mol. The molecule has 2 rings (SSSR count). The predicted octanol–water partition coefficient (Wildman–Crippen LogP) is 2.79. The van der Waals surface area contributed by atoms with E-state index < -0.39 is 5.91 Å². The molecule has 2 aromatic rings. The number of nitrogens with one attached hydrogen (secondary N) is 2. The van der Waals surface area contributed by atoms with E-state index in [1.165, 1.54) is 9.75 Å². The largest absolute Gasteiger partial charge is 0.484 e. The molecule has 1 heterocycles. The van der Waals surface area contributed by atoms with Crippen LogP contribution in [0.1, 0.15) is 22.2 Å². The van der Waals surface area contributed by atoms with Gasteiger partial charge in [-0.25, -0.2) is 4.99 Å². The van der Waals surface area contributed by atoms with E-state index in [2.05, 4.69) is 34.7 Å². The van der Waals surface area contributed by atoms with Gasteiger partial charge in [-0.2, -0.15) is 0 Å². The van der Waals surface area contributed by atoms with Gasteiger partial charge in [0.05, 0.1) is 13.1 Å². The van der Waals surface area contributed by atoms with Crippen LogP contribution in [0.25, 0.3) is 0 Å². The van der Waals surface area contributed by atoms with Crippen LogP contribution in [0.5, 0.6) is 5.75 Å². The van der Waals surface area contributed by atoms with Gasteiger partial charge >= 0.3 is 0 Å². The molecule has 0 spiro atoms. The first-order valence-electron chi connectivity index (χ1n) is 8.14. The third-order valence-corrected chi connectivity index (χ3v) is 4.27. The summed E-state index contributed by atoms with van der Waals surface area (Å²) in [5.74, 6) is 0.876. The van der Waals surface area contributed by atoms with Crippen LogP contribution >= 0.6 is 35.3 Å². The summed E-state index contributed by atoms with van der Waals surface area (Å²) in [5.41, 5.74) is 6.08. The van der Waals surface area contributed by atoms with Crippen molar-refractivity contribution in [3.05, 3.63) is 51.7 Å². The summed E-state index contributed by atoms with van der Waals surface area (Å²) in [5, 5.41) is 6.57. The minimum Gasteiger partial charge on any atom is -0.484 e. The van der Waals surface area contributed by atoms with Crippen molar-refractivity contribution in [3.8, 4) is 5.75 Å². The molecule has 0 saturated carbocycles. The van der Waals surface area contributed by atoms with Crippen LogP contribution in [0.2, 0.25) is 0 Å². The number of carbonyl (C=O) groups is 1. The summed E-state index contributed by atoms with van der Waals surface area (Å²) >= 11 is 1.77. The molecule has 0 radical (unpaired) electrons. The maximum atomic E-state index is 10.8. The van der Waals surface area contributed by atoms with Gasteiger partial charge in [0.2, 0.25) is 0 Å². The average Bonchev–Trinajstić information content (AvgIpc) is 3.01. The quantitative estimate of drug-likeness (QED) is 0.303. The molecule has 0 aliphatic carbocycles. The molecule has 142 valence electrons. The third kappa shape index (κ3) is 8.05. The van der Waals surface area contributed by atoms with Crippen LogP contribution in [0.4, 0.5) is 0 Å². The van der Waals surface area contributed by atoms with Crippen LogP contribution in [0.15, 0.2) is 41.4 Å². The zero-order valence-electron chi connectivity index (χ0n) is 15.0. The maximum Gasteiger partial charge on any atom is 0.255 e. The number of primary amides is 1. The number of benzene rings is 1. The Kier molecular flexibility index (Phi) is 10.0. The first-order valence-corrected chi connectivity index (χ1v) is 8.96. The standard InChI is InChI=1S/C18H24N4O2S.HI/c1-3-20-18(22-11-16-8-7-13(2)25-16)21-10-14-5-4-6-15(9-14)24-12-17(19)23;/h4-9H,3,10-12H2,1-2H3,(H2,19,23)(H2,20,21,22);1H. The Morgan fingerprint density at radius 2 is 2.08 bits per heavy atom. The molecule has 0 bridgehead atoms. The summed E-state index contributed by atoms with van der Waals surface area (Å²) in [7, 11) is 0. The molecule has 0 atom stereocenters. The third-order valence-electron chi connectivity index (χ3n) is 3.27. The Morgan fingerprint density at radius 1 is 1.27 bits per heavy atom. The van der Waals surface area contributed by atoms with Crippen LogP contribution in [-0.4, -0.2) is 25.0 Å². The van der Waals surface area contributed by atoms with Gasteiger partial charge in [0.25, 0.3) is 5.91 Å². The van der Waals surface area contributed by atoms with E-state index in [9.17, 15) is 4.79 Å². The van der Waals surface area contributed by atoms with Gasteiger partial charge in [-0.15, -0.1) is 35.3 Å². The SMILES string of the molecule is CCNC(=NCc1cccc(OCC(N)=O)c1)NCc1ccc(C)s1.I. The Labute approximate surface area is 175 Å².